The number of fused-ring (bicyclic) bond motifs is 1. The van der Waals surface area contributed by atoms with Crippen molar-refractivity contribution in [3.8, 4) is 6.07 Å². The molecule has 0 saturated carbocycles. The minimum Gasteiger partial charge on any atom is -0.383 e. The van der Waals surface area contributed by atoms with E-state index in [-0.39, 0.29) is 5.82 Å². The van der Waals surface area contributed by atoms with Crippen molar-refractivity contribution < 1.29 is 0 Å². The summed E-state index contributed by atoms with van der Waals surface area (Å²) >= 11 is 0. The van der Waals surface area contributed by atoms with Crippen molar-refractivity contribution in [2.24, 2.45) is 0 Å². The second-order valence-electron chi connectivity index (χ2n) is 4.11. The lowest BCUT2D eigenvalue weighted by Gasteiger charge is -2.02. The predicted molar refractivity (Wildman–Crippen MR) is 70.0 cm³/mol. The fourth-order valence-corrected chi connectivity index (χ4v) is 1.87. The van der Waals surface area contributed by atoms with E-state index in [0.717, 1.165) is 5.56 Å². The standard InChI is InChI=1S/C13H10N6/c14-7-10-6-11-13(16-12(10)15)19(18-17-11)8-9-4-2-1-3-5-9/h1-6H,8H2,(H2,15,16). The number of nitrogens with two attached hydrogens (primary N) is 1. The summed E-state index contributed by atoms with van der Waals surface area (Å²) in [6.07, 6.45) is 0. The van der Waals surface area contributed by atoms with Crippen molar-refractivity contribution in [3.63, 3.8) is 0 Å². The molecule has 0 aliphatic rings. The van der Waals surface area contributed by atoms with Gasteiger partial charge in [0.25, 0.3) is 0 Å². The molecule has 0 saturated heterocycles. The van der Waals surface area contributed by atoms with E-state index in [2.05, 4.69) is 15.3 Å². The van der Waals surface area contributed by atoms with Gasteiger partial charge in [-0.2, -0.15) is 5.26 Å². The molecule has 6 heteroatoms. The molecule has 2 N–H and O–H groups in total. The molecule has 3 aromatic rings. The van der Waals surface area contributed by atoms with Crippen LogP contribution in [0.25, 0.3) is 11.2 Å². The van der Waals surface area contributed by atoms with Crippen LogP contribution < -0.4 is 5.73 Å². The average molecular weight is 250 g/mol. The van der Waals surface area contributed by atoms with Gasteiger partial charge in [-0.15, -0.1) is 5.10 Å². The Kier molecular flexibility index (Phi) is 2.58. The number of nitriles is 1. The first-order valence-corrected chi connectivity index (χ1v) is 5.71. The number of rotatable bonds is 2. The van der Waals surface area contributed by atoms with E-state index in [0.29, 0.717) is 23.3 Å². The average Bonchev–Trinajstić information content (AvgIpc) is 2.81. The summed E-state index contributed by atoms with van der Waals surface area (Å²) < 4.78 is 1.67. The Morgan fingerprint density at radius 1 is 1.26 bits per heavy atom. The van der Waals surface area contributed by atoms with E-state index in [1.54, 1.807) is 10.7 Å². The normalized spacial score (nSPS) is 10.5. The van der Waals surface area contributed by atoms with E-state index in [1.165, 1.54) is 0 Å². The first kappa shape index (κ1) is 11.2. The Hall–Kier alpha value is -2.94. The molecule has 0 spiro atoms. The van der Waals surface area contributed by atoms with E-state index in [4.69, 9.17) is 11.0 Å². The largest absolute Gasteiger partial charge is 0.383 e. The molecule has 0 aliphatic heterocycles. The third-order valence-electron chi connectivity index (χ3n) is 2.81. The molecule has 0 unspecified atom stereocenters. The first-order chi connectivity index (χ1) is 9.28. The molecule has 3 rings (SSSR count). The lowest BCUT2D eigenvalue weighted by atomic mass is 10.2. The summed E-state index contributed by atoms with van der Waals surface area (Å²) in [7, 11) is 0. The molecule has 2 heterocycles. The molecule has 92 valence electrons. The Morgan fingerprint density at radius 2 is 2.05 bits per heavy atom. The van der Waals surface area contributed by atoms with Gasteiger partial charge in [0, 0.05) is 0 Å². The number of aromatic nitrogens is 4. The fourth-order valence-electron chi connectivity index (χ4n) is 1.87. The number of hydrogen-bond acceptors (Lipinski definition) is 5. The first-order valence-electron chi connectivity index (χ1n) is 5.71. The SMILES string of the molecule is N#Cc1cc2nnn(Cc3ccccc3)c2nc1N. The second-order valence-corrected chi connectivity index (χ2v) is 4.11. The van der Waals surface area contributed by atoms with E-state index < -0.39 is 0 Å². The third-order valence-corrected chi connectivity index (χ3v) is 2.81. The molecule has 1 aromatic carbocycles. The summed E-state index contributed by atoms with van der Waals surface area (Å²) in [5.74, 6) is 0.201. The van der Waals surface area contributed by atoms with Gasteiger partial charge in [-0.3, -0.25) is 0 Å². The second kappa shape index (κ2) is 4.38. The molecule has 2 aromatic heterocycles. The molecule has 0 fully saturated rings. The maximum absolute atomic E-state index is 8.89. The van der Waals surface area contributed by atoms with Crippen LogP contribution in [0.5, 0.6) is 0 Å². The van der Waals surface area contributed by atoms with Crippen LogP contribution >= 0.6 is 0 Å². The zero-order valence-corrected chi connectivity index (χ0v) is 9.98. The van der Waals surface area contributed by atoms with Gasteiger partial charge in [0.2, 0.25) is 0 Å². The van der Waals surface area contributed by atoms with Crippen LogP contribution in [0, 0.1) is 11.3 Å². The fraction of sp³-hybridized carbons (Fsp3) is 0.0769. The van der Waals surface area contributed by atoms with Gasteiger partial charge in [0.05, 0.1) is 12.1 Å². The molecular formula is C13H10N6. The molecule has 19 heavy (non-hydrogen) atoms. The Labute approximate surface area is 109 Å². The zero-order valence-electron chi connectivity index (χ0n) is 9.98. The van der Waals surface area contributed by atoms with Gasteiger partial charge in [0.15, 0.2) is 5.65 Å². The predicted octanol–water partition coefficient (Wildman–Crippen LogP) is 1.33. The third kappa shape index (κ3) is 1.98. The highest BCUT2D eigenvalue weighted by atomic mass is 15.4. The van der Waals surface area contributed by atoms with Crippen molar-refractivity contribution in [1.82, 2.24) is 20.0 Å². The van der Waals surface area contributed by atoms with Crippen molar-refractivity contribution in [2.75, 3.05) is 5.73 Å². The maximum atomic E-state index is 8.89. The molecule has 0 atom stereocenters. The number of nitrogen functional groups attached to an aromatic ring is 1. The van der Waals surface area contributed by atoms with Crippen LogP contribution in [0.1, 0.15) is 11.1 Å². The number of pyridine rings is 1. The van der Waals surface area contributed by atoms with Crippen LogP contribution in [-0.4, -0.2) is 20.0 Å². The lowest BCUT2D eigenvalue weighted by Crippen LogP contribution is -2.04. The van der Waals surface area contributed by atoms with Gasteiger partial charge in [-0.05, 0) is 11.6 Å². The topological polar surface area (TPSA) is 93.4 Å². The summed E-state index contributed by atoms with van der Waals surface area (Å²) in [5, 5.41) is 16.9. The van der Waals surface area contributed by atoms with Crippen LogP contribution in [-0.2, 0) is 6.54 Å². The van der Waals surface area contributed by atoms with Gasteiger partial charge in [-0.1, -0.05) is 35.5 Å². The van der Waals surface area contributed by atoms with Crippen molar-refractivity contribution in [2.45, 2.75) is 6.54 Å². The van der Waals surface area contributed by atoms with Gasteiger partial charge in [0.1, 0.15) is 17.4 Å². The van der Waals surface area contributed by atoms with Crippen LogP contribution in [0.15, 0.2) is 36.4 Å². The van der Waals surface area contributed by atoms with Crippen molar-refractivity contribution in [1.29, 1.82) is 5.26 Å². The summed E-state index contributed by atoms with van der Waals surface area (Å²) in [6, 6.07) is 13.5. The smallest absolute Gasteiger partial charge is 0.180 e. The minimum atomic E-state index is 0.201. The van der Waals surface area contributed by atoms with Crippen LogP contribution in [0.3, 0.4) is 0 Å². The Balaban J connectivity index is 2.06. The van der Waals surface area contributed by atoms with E-state index in [1.807, 2.05) is 36.4 Å². The van der Waals surface area contributed by atoms with E-state index in [9.17, 15) is 0 Å². The lowest BCUT2D eigenvalue weighted by molar-refractivity contribution is 0.664. The quantitative estimate of drug-likeness (QED) is 0.740. The number of hydrogen-bond donors (Lipinski definition) is 1. The van der Waals surface area contributed by atoms with Crippen LogP contribution in [0.4, 0.5) is 5.82 Å². The summed E-state index contributed by atoms with van der Waals surface area (Å²) in [6.45, 7) is 0.565. The van der Waals surface area contributed by atoms with Gasteiger partial charge in [-0.25, -0.2) is 9.67 Å². The molecular weight excluding hydrogens is 240 g/mol. The maximum Gasteiger partial charge on any atom is 0.180 e. The van der Waals surface area contributed by atoms with Crippen molar-refractivity contribution in [3.05, 3.63) is 47.5 Å². The van der Waals surface area contributed by atoms with Gasteiger partial charge < -0.3 is 5.73 Å². The highest BCUT2D eigenvalue weighted by Crippen LogP contribution is 2.16. The monoisotopic (exact) mass is 250 g/mol. The Bertz CT molecular complexity index is 769. The molecule has 0 amide bonds. The highest BCUT2D eigenvalue weighted by molar-refractivity contribution is 5.75. The summed E-state index contributed by atoms with van der Waals surface area (Å²) in [4.78, 5) is 4.20. The number of benzene rings is 1. The number of nitrogens with zero attached hydrogens (tertiary/aromatic N) is 5. The zero-order chi connectivity index (χ0) is 13.2. The van der Waals surface area contributed by atoms with Gasteiger partial charge >= 0.3 is 0 Å². The minimum absolute atomic E-state index is 0.201. The number of anilines is 1. The highest BCUT2D eigenvalue weighted by Gasteiger charge is 2.10. The molecule has 0 bridgehead atoms. The molecule has 0 radical (unpaired) electrons. The van der Waals surface area contributed by atoms with E-state index >= 15 is 0 Å². The molecule has 0 aliphatic carbocycles. The van der Waals surface area contributed by atoms with Crippen LogP contribution in [0.2, 0.25) is 0 Å². The Morgan fingerprint density at radius 3 is 2.79 bits per heavy atom. The molecule has 6 nitrogen and oxygen atoms in total. The van der Waals surface area contributed by atoms with Crippen molar-refractivity contribution >= 4 is 17.0 Å². The summed E-state index contributed by atoms with van der Waals surface area (Å²) in [5.41, 5.74) is 8.29.